The monoisotopic (exact) mass is 508 g/mol. The van der Waals surface area contributed by atoms with Gasteiger partial charge in [0.15, 0.2) is 11.6 Å². The summed E-state index contributed by atoms with van der Waals surface area (Å²) in [4.78, 5) is 23.9. The lowest BCUT2D eigenvalue weighted by atomic mass is 10.0. The smallest absolute Gasteiger partial charge is 0.185 e. The highest BCUT2D eigenvalue weighted by molar-refractivity contribution is 6.00. The molecule has 1 fully saturated rings. The number of aliphatic hydroxyl groups excluding tert-OH is 1. The molecule has 0 saturated carbocycles. The van der Waals surface area contributed by atoms with Crippen LogP contribution in [-0.4, -0.2) is 63.5 Å². The number of nitrogens with zero attached hydrogens (tertiary/aromatic N) is 5. The molecule has 2 aromatic heterocycles. The van der Waals surface area contributed by atoms with Gasteiger partial charge in [-0.3, -0.25) is 9.48 Å². The first-order chi connectivity index (χ1) is 17.9. The Morgan fingerprint density at radius 3 is 2.84 bits per heavy atom. The van der Waals surface area contributed by atoms with Crippen LogP contribution < -0.4 is 15.4 Å². The summed E-state index contributed by atoms with van der Waals surface area (Å²) in [6.45, 7) is 1.15. The van der Waals surface area contributed by atoms with Crippen molar-refractivity contribution >= 4 is 22.4 Å². The standard InChI is InChI=1S/C26H26F2N6O3/c1-37-22-4-2-3-18(27)23(22)26-30-7-5-20(32-26)21(36)12-15-11-19(28)25-17(13-31-34(25)9-10-35)24(15)33-8-6-16(29)14-33/h2-5,7,11,13,16,35H,6,8-10,12,14,29H2,1H3/t16-/m1/s1. The lowest BCUT2D eigenvalue weighted by molar-refractivity contribution is 0.0988. The number of anilines is 1. The molecule has 1 saturated heterocycles. The number of nitrogens with two attached hydrogens (primary N) is 1. The first-order valence-corrected chi connectivity index (χ1v) is 11.9. The Hall–Kier alpha value is -3.96. The summed E-state index contributed by atoms with van der Waals surface area (Å²) < 4.78 is 36.5. The van der Waals surface area contributed by atoms with Crippen LogP contribution >= 0.6 is 0 Å². The first-order valence-electron chi connectivity index (χ1n) is 11.9. The summed E-state index contributed by atoms with van der Waals surface area (Å²) in [6.07, 6.45) is 3.54. The summed E-state index contributed by atoms with van der Waals surface area (Å²) in [5.41, 5.74) is 7.68. The van der Waals surface area contributed by atoms with Gasteiger partial charge in [-0.2, -0.15) is 5.10 Å². The number of aromatic nitrogens is 4. The summed E-state index contributed by atoms with van der Waals surface area (Å²) >= 11 is 0. The van der Waals surface area contributed by atoms with Crippen molar-refractivity contribution in [3.63, 3.8) is 0 Å². The molecule has 192 valence electrons. The van der Waals surface area contributed by atoms with E-state index in [2.05, 4.69) is 15.1 Å². The van der Waals surface area contributed by atoms with Crippen LogP contribution in [0.4, 0.5) is 14.5 Å². The number of benzene rings is 2. The van der Waals surface area contributed by atoms with Gasteiger partial charge in [0.1, 0.15) is 28.6 Å². The predicted octanol–water partition coefficient (Wildman–Crippen LogP) is 2.74. The van der Waals surface area contributed by atoms with Gasteiger partial charge < -0.3 is 20.5 Å². The first kappa shape index (κ1) is 24.7. The lowest BCUT2D eigenvalue weighted by Gasteiger charge is -2.23. The van der Waals surface area contributed by atoms with Crippen LogP contribution in [0, 0.1) is 11.6 Å². The molecule has 0 unspecified atom stereocenters. The fourth-order valence-electron chi connectivity index (χ4n) is 4.83. The molecule has 4 aromatic rings. The molecule has 0 amide bonds. The highest BCUT2D eigenvalue weighted by Crippen LogP contribution is 2.36. The van der Waals surface area contributed by atoms with Gasteiger partial charge in [-0.1, -0.05) is 6.07 Å². The molecule has 3 heterocycles. The normalized spacial score (nSPS) is 15.5. The molecule has 1 aliphatic heterocycles. The second-order valence-electron chi connectivity index (χ2n) is 8.90. The average molecular weight is 509 g/mol. The summed E-state index contributed by atoms with van der Waals surface area (Å²) in [5, 5.41) is 14.2. The lowest BCUT2D eigenvalue weighted by Crippen LogP contribution is -2.27. The topological polar surface area (TPSA) is 119 Å². The molecule has 5 rings (SSSR count). The Kier molecular flexibility index (Phi) is 6.81. The van der Waals surface area contributed by atoms with E-state index in [4.69, 9.17) is 10.5 Å². The van der Waals surface area contributed by atoms with E-state index in [0.717, 1.165) is 6.42 Å². The Bertz CT molecular complexity index is 1470. The van der Waals surface area contributed by atoms with Crippen LogP contribution in [0.25, 0.3) is 22.3 Å². The Balaban J connectivity index is 1.55. The summed E-state index contributed by atoms with van der Waals surface area (Å²) in [5.74, 6) is -1.26. The summed E-state index contributed by atoms with van der Waals surface area (Å²) in [6, 6.07) is 7.08. The molecule has 0 radical (unpaired) electrons. The van der Waals surface area contributed by atoms with E-state index in [1.165, 1.54) is 42.3 Å². The third kappa shape index (κ3) is 4.63. The minimum atomic E-state index is -0.580. The van der Waals surface area contributed by atoms with Crippen LogP contribution in [0.3, 0.4) is 0 Å². The largest absolute Gasteiger partial charge is 0.496 e. The number of Topliss-reactive ketones (excluding diaryl/α,β-unsaturated/α-hetero) is 1. The van der Waals surface area contributed by atoms with E-state index in [1.807, 2.05) is 4.90 Å². The molecule has 1 atom stereocenters. The zero-order chi connectivity index (χ0) is 26.1. The number of methoxy groups -OCH3 is 1. The van der Waals surface area contributed by atoms with Crippen molar-refractivity contribution in [3.8, 4) is 17.1 Å². The van der Waals surface area contributed by atoms with Crippen molar-refractivity contribution in [3.05, 3.63) is 65.6 Å². The van der Waals surface area contributed by atoms with Gasteiger partial charge >= 0.3 is 0 Å². The maximum atomic E-state index is 15.3. The Morgan fingerprint density at radius 2 is 2.11 bits per heavy atom. The molecule has 0 spiro atoms. The van der Waals surface area contributed by atoms with E-state index in [9.17, 15) is 14.3 Å². The van der Waals surface area contributed by atoms with E-state index in [0.29, 0.717) is 29.7 Å². The average Bonchev–Trinajstić information content (AvgIpc) is 3.51. The van der Waals surface area contributed by atoms with Gasteiger partial charge in [0.25, 0.3) is 0 Å². The molecule has 37 heavy (non-hydrogen) atoms. The highest BCUT2D eigenvalue weighted by Gasteiger charge is 2.27. The molecule has 2 aromatic carbocycles. The van der Waals surface area contributed by atoms with Crippen molar-refractivity contribution in [1.82, 2.24) is 19.7 Å². The van der Waals surface area contributed by atoms with Crippen molar-refractivity contribution < 1.29 is 23.4 Å². The zero-order valence-electron chi connectivity index (χ0n) is 20.2. The number of ether oxygens (including phenoxy) is 1. The van der Waals surface area contributed by atoms with Crippen molar-refractivity contribution in [1.29, 1.82) is 0 Å². The van der Waals surface area contributed by atoms with Crippen LogP contribution in [0.1, 0.15) is 22.5 Å². The maximum absolute atomic E-state index is 15.3. The predicted molar refractivity (Wildman–Crippen MR) is 134 cm³/mol. The molecule has 9 nitrogen and oxygen atoms in total. The van der Waals surface area contributed by atoms with Crippen LogP contribution in [-0.2, 0) is 13.0 Å². The number of carbonyl (C=O) groups is 1. The third-order valence-electron chi connectivity index (χ3n) is 6.49. The van der Waals surface area contributed by atoms with Crippen molar-refractivity contribution in [2.24, 2.45) is 5.73 Å². The number of ketones is 1. The number of aliphatic hydroxyl groups is 1. The molecule has 0 aliphatic carbocycles. The molecular weight excluding hydrogens is 482 g/mol. The van der Waals surface area contributed by atoms with Crippen molar-refractivity contribution in [2.45, 2.75) is 25.4 Å². The zero-order valence-corrected chi connectivity index (χ0v) is 20.2. The third-order valence-corrected chi connectivity index (χ3v) is 6.49. The molecular formula is C26H26F2N6O3. The van der Waals surface area contributed by atoms with E-state index in [-0.39, 0.29) is 59.7 Å². The number of hydrogen-bond acceptors (Lipinski definition) is 8. The fourth-order valence-corrected chi connectivity index (χ4v) is 4.83. The minimum absolute atomic E-state index is 0.0125. The number of fused-ring (bicyclic) bond motifs is 1. The summed E-state index contributed by atoms with van der Waals surface area (Å²) in [7, 11) is 1.41. The van der Waals surface area contributed by atoms with E-state index in [1.54, 1.807) is 12.3 Å². The molecule has 1 aliphatic rings. The quantitative estimate of drug-likeness (QED) is 0.349. The van der Waals surface area contributed by atoms with Crippen LogP contribution in [0.5, 0.6) is 5.75 Å². The number of halogens is 2. The van der Waals surface area contributed by atoms with Gasteiger partial charge in [0, 0.05) is 37.1 Å². The number of hydrogen-bond donors (Lipinski definition) is 2. The minimum Gasteiger partial charge on any atom is -0.496 e. The van der Waals surface area contributed by atoms with Gasteiger partial charge in [0.05, 0.1) is 37.7 Å². The number of carbonyl (C=O) groups excluding carboxylic acids is 1. The SMILES string of the molecule is COc1cccc(F)c1-c1nccc(C(=O)Cc2cc(F)c3c(cnn3CCO)c2N2CC[C@@H](N)C2)n1. The highest BCUT2D eigenvalue weighted by atomic mass is 19.1. The Morgan fingerprint density at radius 1 is 1.27 bits per heavy atom. The second-order valence-corrected chi connectivity index (χ2v) is 8.90. The fraction of sp³-hybridized carbons (Fsp3) is 0.308. The number of rotatable bonds is 8. The Labute approximate surface area is 211 Å². The second kappa shape index (κ2) is 10.2. The maximum Gasteiger partial charge on any atom is 0.185 e. The van der Waals surface area contributed by atoms with Gasteiger partial charge in [0.2, 0.25) is 0 Å². The van der Waals surface area contributed by atoms with E-state index >= 15 is 4.39 Å². The van der Waals surface area contributed by atoms with E-state index < -0.39 is 11.6 Å². The van der Waals surface area contributed by atoms with Gasteiger partial charge in [-0.25, -0.2) is 18.7 Å². The van der Waals surface area contributed by atoms with Crippen LogP contribution in [0.15, 0.2) is 42.7 Å². The van der Waals surface area contributed by atoms with Gasteiger partial charge in [-0.05, 0) is 36.2 Å². The van der Waals surface area contributed by atoms with Gasteiger partial charge in [-0.15, -0.1) is 0 Å². The molecule has 11 heteroatoms. The van der Waals surface area contributed by atoms with Crippen molar-refractivity contribution in [2.75, 3.05) is 31.7 Å². The molecule has 0 bridgehead atoms. The van der Waals surface area contributed by atoms with Crippen LogP contribution in [0.2, 0.25) is 0 Å². The molecule has 3 N–H and O–H groups in total.